The number of halogens is 1. The van der Waals surface area contributed by atoms with Crippen LogP contribution in [-0.4, -0.2) is 17.0 Å². The van der Waals surface area contributed by atoms with Crippen LogP contribution in [0.5, 0.6) is 0 Å². The van der Waals surface area contributed by atoms with E-state index in [2.05, 4.69) is 6.92 Å². The average molecular weight is 282 g/mol. The third-order valence-corrected chi connectivity index (χ3v) is 5.29. The minimum absolute atomic E-state index is 0.206. The van der Waals surface area contributed by atoms with Crippen LogP contribution in [0.3, 0.4) is 0 Å². The highest BCUT2D eigenvalue weighted by molar-refractivity contribution is 7.99. The van der Waals surface area contributed by atoms with E-state index in [4.69, 9.17) is 0 Å². The summed E-state index contributed by atoms with van der Waals surface area (Å²) < 4.78 is 12.8. The monoisotopic (exact) mass is 282 g/mol. The fraction of sp³-hybridized carbons (Fsp3) is 0.625. The summed E-state index contributed by atoms with van der Waals surface area (Å²) in [6, 6.07) is 6.51. The molecule has 2 rings (SSSR count). The summed E-state index contributed by atoms with van der Waals surface area (Å²) in [4.78, 5) is 1.03. The van der Waals surface area contributed by atoms with Gasteiger partial charge in [-0.05, 0) is 48.9 Å². The summed E-state index contributed by atoms with van der Waals surface area (Å²) in [7, 11) is 0. The van der Waals surface area contributed by atoms with Gasteiger partial charge in [0.25, 0.3) is 0 Å². The van der Waals surface area contributed by atoms with Crippen molar-refractivity contribution in [1.82, 2.24) is 0 Å². The molecule has 19 heavy (non-hydrogen) atoms. The molecule has 1 aliphatic rings. The zero-order chi connectivity index (χ0) is 13.7. The van der Waals surface area contributed by atoms with Crippen molar-refractivity contribution >= 4 is 11.8 Å². The number of thioether (sulfide) groups is 1. The van der Waals surface area contributed by atoms with E-state index in [9.17, 15) is 9.50 Å². The Labute approximate surface area is 119 Å². The number of aliphatic hydroxyl groups is 1. The van der Waals surface area contributed by atoms with Gasteiger partial charge in [0.1, 0.15) is 5.82 Å². The lowest BCUT2D eigenvalue weighted by atomic mass is 9.78. The second-order valence-electron chi connectivity index (χ2n) is 5.53. The van der Waals surface area contributed by atoms with Crippen LogP contribution in [0.2, 0.25) is 0 Å². The molecule has 0 aliphatic heterocycles. The molecule has 1 fully saturated rings. The Bertz CT molecular complexity index is 379. The zero-order valence-electron chi connectivity index (χ0n) is 11.5. The van der Waals surface area contributed by atoms with Crippen LogP contribution in [-0.2, 0) is 0 Å². The third kappa shape index (κ3) is 4.50. The van der Waals surface area contributed by atoms with Crippen molar-refractivity contribution in [3.8, 4) is 0 Å². The predicted octanol–water partition coefficient (Wildman–Crippen LogP) is 4.50. The maximum Gasteiger partial charge on any atom is 0.123 e. The van der Waals surface area contributed by atoms with E-state index in [0.717, 1.165) is 17.2 Å². The second kappa shape index (κ2) is 7.30. The number of hydrogen-bond donors (Lipinski definition) is 1. The first-order valence-electron chi connectivity index (χ1n) is 7.25. The highest BCUT2D eigenvalue weighted by Crippen LogP contribution is 2.34. The largest absolute Gasteiger partial charge is 0.392 e. The maximum absolute atomic E-state index is 12.8. The first-order chi connectivity index (χ1) is 9.19. The molecule has 3 heteroatoms. The lowest BCUT2D eigenvalue weighted by Gasteiger charge is -2.31. The van der Waals surface area contributed by atoms with Crippen LogP contribution in [0.4, 0.5) is 4.39 Å². The van der Waals surface area contributed by atoms with E-state index in [0.29, 0.717) is 11.7 Å². The highest BCUT2D eigenvalue weighted by atomic mass is 32.2. The molecule has 0 saturated heterocycles. The van der Waals surface area contributed by atoms with Gasteiger partial charge in [0.2, 0.25) is 0 Å². The third-order valence-electron chi connectivity index (χ3n) is 4.18. The molecule has 106 valence electrons. The number of rotatable bonds is 5. The molecule has 3 unspecified atom stereocenters. The van der Waals surface area contributed by atoms with Crippen molar-refractivity contribution in [3.05, 3.63) is 30.1 Å². The van der Waals surface area contributed by atoms with Crippen molar-refractivity contribution in [1.29, 1.82) is 0 Å². The summed E-state index contributed by atoms with van der Waals surface area (Å²) in [5.74, 6) is 1.76. The zero-order valence-corrected chi connectivity index (χ0v) is 12.3. The van der Waals surface area contributed by atoms with Gasteiger partial charge in [0.15, 0.2) is 0 Å². The van der Waals surface area contributed by atoms with Crippen molar-refractivity contribution in [3.63, 3.8) is 0 Å². The SMILES string of the molecule is CCC1CCCC(C(O)CSc2ccc(F)cc2)C1. The van der Waals surface area contributed by atoms with Gasteiger partial charge >= 0.3 is 0 Å². The number of benzene rings is 1. The molecule has 1 N–H and O–H groups in total. The van der Waals surface area contributed by atoms with Crippen LogP contribution in [0.25, 0.3) is 0 Å². The minimum atomic E-state index is -0.232. The molecular formula is C16H23FOS. The first-order valence-corrected chi connectivity index (χ1v) is 8.24. The van der Waals surface area contributed by atoms with E-state index in [-0.39, 0.29) is 11.9 Å². The molecule has 3 atom stereocenters. The fourth-order valence-corrected chi connectivity index (χ4v) is 3.87. The Morgan fingerprint density at radius 1 is 1.32 bits per heavy atom. The normalized spacial score (nSPS) is 25.2. The van der Waals surface area contributed by atoms with E-state index < -0.39 is 0 Å². The van der Waals surface area contributed by atoms with Gasteiger partial charge in [-0.15, -0.1) is 11.8 Å². The molecule has 0 bridgehead atoms. The molecule has 0 spiro atoms. The van der Waals surface area contributed by atoms with Crippen molar-refractivity contribution in [2.45, 2.75) is 50.0 Å². The lowest BCUT2D eigenvalue weighted by molar-refractivity contribution is 0.0862. The summed E-state index contributed by atoms with van der Waals surface area (Å²) in [6.07, 6.45) is 5.90. The standard InChI is InChI=1S/C16H23FOS/c1-2-12-4-3-5-13(10-12)16(18)11-19-15-8-6-14(17)7-9-15/h6-9,12-13,16,18H,2-5,10-11H2,1H3. The summed E-state index contributed by atoms with van der Waals surface area (Å²) in [5, 5.41) is 10.3. The van der Waals surface area contributed by atoms with Crippen LogP contribution in [0.15, 0.2) is 29.2 Å². The topological polar surface area (TPSA) is 20.2 Å². The highest BCUT2D eigenvalue weighted by Gasteiger charge is 2.26. The Hall–Kier alpha value is -0.540. The Balaban J connectivity index is 1.80. The smallest absolute Gasteiger partial charge is 0.123 e. The molecule has 0 radical (unpaired) electrons. The van der Waals surface area contributed by atoms with Crippen LogP contribution in [0.1, 0.15) is 39.0 Å². The predicted molar refractivity (Wildman–Crippen MR) is 78.9 cm³/mol. The van der Waals surface area contributed by atoms with Crippen molar-refractivity contribution < 1.29 is 9.50 Å². The van der Waals surface area contributed by atoms with Gasteiger partial charge in [-0.3, -0.25) is 0 Å². The first kappa shape index (κ1) is 14.9. The quantitative estimate of drug-likeness (QED) is 0.803. The van der Waals surface area contributed by atoms with Crippen molar-refractivity contribution in [2.24, 2.45) is 11.8 Å². The molecule has 1 aromatic carbocycles. The lowest BCUT2D eigenvalue weighted by Crippen LogP contribution is -2.28. The fourth-order valence-electron chi connectivity index (χ4n) is 2.90. The minimum Gasteiger partial charge on any atom is -0.392 e. The molecule has 1 nitrogen and oxygen atoms in total. The average Bonchev–Trinajstić information content (AvgIpc) is 2.46. The van der Waals surface area contributed by atoms with Gasteiger partial charge in [-0.2, -0.15) is 0 Å². The second-order valence-corrected chi connectivity index (χ2v) is 6.63. The van der Waals surface area contributed by atoms with Gasteiger partial charge in [0, 0.05) is 10.6 Å². The van der Waals surface area contributed by atoms with Gasteiger partial charge in [0.05, 0.1) is 6.10 Å². The summed E-state index contributed by atoms with van der Waals surface area (Å²) >= 11 is 1.62. The van der Waals surface area contributed by atoms with Gasteiger partial charge in [-0.25, -0.2) is 4.39 Å². The Morgan fingerprint density at radius 2 is 2.05 bits per heavy atom. The van der Waals surface area contributed by atoms with E-state index in [1.807, 2.05) is 0 Å². The summed E-state index contributed by atoms with van der Waals surface area (Å²) in [5.41, 5.74) is 0. The molecule has 1 aromatic rings. The molecule has 0 aromatic heterocycles. The summed E-state index contributed by atoms with van der Waals surface area (Å²) in [6.45, 7) is 2.24. The van der Waals surface area contributed by atoms with Gasteiger partial charge in [-0.1, -0.05) is 26.2 Å². The Morgan fingerprint density at radius 3 is 2.74 bits per heavy atom. The van der Waals surface area contributed by atoms with Crippen molar-refractivity contribution in [2.75, 3.05) is 5.75 Å². The molecular weight excluding hydrogens is 259 g/mol. The van der Waals surface area contributed by atoms with E-state index in [1.165, 1.54) is 37.8 Å². The van der Waals surface area contributed by atoms with E-state index >= 15 is 0 Å². The molecule has 0 amide bonds. The molecule has 0 heterocycles. The van der Waals surface area contributed by atoms with Crippen LogP contribution < -0.4 is 0 Å². The molecule has 1 aliphatic carbocycles. The molecule has 1 saturated carbocycles. The van der Waals surface area contributed by atoms with Gasteiger partial charge < -0.3 is 5.11 Å². The number of hydrogen-bond acceptors (Lipinski definition) is 2. The van der Waals surface area contributed by atoms with Crippen LogP contribution >= 0.6 is 11.8 Å². The maximum atomic E-state index is 12.8. The van der Waals surface area contributed by atoms with E-state index in [1.54, 1.807) is 23.9 Å². The number of aliphatic hydroxyl groups excluding tert-OH is 1. The Kier molecular flexibility index (Phi) is 5.71. The van der Waals surface area contributed by atoms with Crippen LogP contribution in [0, 0.1) is 17.7 Å².